The molecule has 0 radical (unpaired) electrons. The molecular formula is C19H18N4O3S. The molecule has 0 saturated carbocycles. The van der Waals surface area contributed by atoms with Crippen LogP contribution in [0.25, 0.3) is 16.3 Å². The van der Waals surface area contributed by atoms with Gasteiger partial charge in [-0.2, -0.15) is 9.61 Å². The van der Waals surface area contributed by atoms with Gasteiger partial charge in [-0.05, 0) is 42.0 Å². The lowest BCUT2D eigenvalue weighted by Gasteiger charge is -2.08. The number of rotatable bonds is 6. The van der Waals surface area contributed by atoms with E-state index in [9.17, 15) is 0 Å². The van der Waals surface area contributed by atoms with Crippen molar-refractivity contribution in [2.45, 2.75) is 6.42 Å². The van der Waals surface area contributed by atoms with E-state index in [2.05, 4.69) is 10.2 Å². The third-order valence-electron chi connectivity index (χ3n) is 4.18. The maximum absolute atomic E-state index is 5.37. The molecule has 0 unspecified atom stereocenters. The van der Waals surface area contributed by atoms with Gasteiger partial charge >= 0.3 is 0 Å². The first kappa shape index (κ1) is 17.3. The average Bonchev–Trinajstić information content (AvgIpc) is 3.28. The van der Waals surface area contributed by atoms with Crippen molar-refractivity contribution in [1.82, 2.24) is 19.8 Å². The molecule has 0 aliphatic heterocycles. The second kappa shape index (κ2) is 7.24. The van der Waals surface area contributed by atoms with Crippen molar-refractivity contribution >= 4 is 16.3 Å². The molecular weight excluding hydrogens is 364 g/mol. The zero-order valence-corrected chi connectivity index (χ0v) is 16.0. The van der Waals surface area contributed by atoms with Gasteiger partial charge in [0.2, 0.25) is 4.96 Å². The molecule has 0 spiro atoms. The minimum absolute atomic E-state index is 0.677. The number of hydrogen-bond donors (Lipinski definition) is 0. The summed E-state index contributed by atoms with van der Waals surface area (Å²) in [5.74, 6) is 2.92. The molecule has 4 aromatic rings. The van der Waals surface area contributed by atoms with E-state index in [1.165, 1.54) is 11.3 Å². The first-order valence-electron chi connectivity index (χ1n) is 8.28. The Bertz CT molecular complexity index is 1070. The smallest absolute Gasteiger partial charge is 0.234 e. The van der Waals surface area contributed by atoms with Crippen LogP contribution in [0, 0.1) is 0 Å². The summed E-state index contributed by atoms with van der Waals surface area (Å²) in [4.78, 5) is 0.760. The zero-order valence-electron chi connectivity index (χ0n) is 15.2. The van der Waals surface area contributed by atoms with Crippen LogP contribution in [0.15, 0.2) is 42.5 Å². The normalized spacial score (nSPS) is 10.9. The fourth-order valence-electron chi connectivity index (χ4n) is 2.81. The van der Waals surface area contributed by atoms with Gasteiger partial charge in [0.15, 0.2) is 17.3 Å². The van der Waals surface area contributed by atoms with Crippen LogP contribution >= 0.6 is 11.3 Å². The summed E-state index contributed by atoms with van der Waals surface area (Å²) in [6.45, 7) is 0. The lowest BCUT2D eigenvalue weighted by atomic mass is 10.1. The molecule has 0 bridgehead atoms. The van der Waals surface area contributed by atoms with Crippen molar-refractivity contribution in [3.63, 3.8) is 0 Å². The highest BCUT2D eigenvalue weighted by atomic mass is 32.1. The number of methoxy groups -OCH3 is 3. The van der Waals surface area contributed by atoms with Crippen molar-refractivity contribution in [2.75, 3.05) is 21.3 Å². The van der Waals surface area contributed by atoms with E-state index in [4.69, 9.17) is 19.3 Å². The predicted molar refractivity (Wildman–Crippen MR) is 103 cm³/mol. The molecule has 2 aromatic carbocycles. The molecule has 2 heterocycles. The van der Waals surface area contributed by atoms with Crippen LogP contribution in [0.4, 0.5) is 0 Å². The molecule has 0 aliphatic rings. The summed E-state index contributed by atoms with van der Waals surface area (Å²) in [7, 11) is 4.90. The summed E-state index contributed by atoms with van der Waals surface area (Å²) in [5, 5.41) is 14.2. The second-order valence-corrected chi connectivity index (χ2v) is 6.85. The molecule has 8 heteroatoms. The molecule has 27 heavy (non-hydrogen) atoms. The topological polar surface area (TPSA) is 70.8 Å². The molecule has 2 aromatic heterocycles. The van der Waals surface area contributed by atoms with Crippen molar-refractivity contribution < 1.29 is 14.2 Å². The quantitative estimate of drug-likeness (QED) is 0.509. The Morgan fingerprint density at radius 3 is 2.37 bits per heavy atom. The third-order valence-corrected chi connectivity index (χ3v) is 5.08. The molecule has 138 valence electrons. The van der Waals surface area contributed by atoms with E-state index in [1.54, 1.807) is 25.8 Å². The van der Waals surface area contributed by atoms with Gasteiger partial charge in [0.1, 0.15) is 10.8 Å². The van der Waals surface area contributed by atoms with E-state index in [-0.39, 0.29) is 0 Å². The first-order chi connectivity index (χ1) is 13.2. The van der Waals surface area contributed by atoms with Gasteiger partial charge in [-0.25, -0.2) is 0 Å². The number of ether oxygens (including phenoxy) is 3. The maximum atomic E-state index is 5.37. The molecule has 0 fully saturated rings. The summed E-state index contributed by atoms with van der Waals surface area (Å²) in [6, 6.07) is 13.6. The van der Waals surface area contributed by atoms with Gasteiger partial charge in [0.25, 0.3) is 0 Å². The molecule has 0 atom stereocenters. The fraction of sp³-hybridized carbons (Fsp3) is 0.211. The van der Waals surface area contributed by atoms with E-state index < -0.39 is 0 Å². The molecule has 7 nitrogen and oxygen atoms in total. The lowest BCUT2D eigenvalue weighted by Crippen LogP contribution is -1.95. The highest BCUT2D eigenvalue weighted by molar-refractivity contribution is 7.16. The lowest BCUT2D eigenvalue weighted by molar-refractivity contribution is 0.354. The standard InChI is InChI=1S/C19H18N4O3S/c1-24-14-7-5-13(6-8-14)18-20-21-19-23(18)22-17(27-19)11-12-4-9-15(25-2)16(10-12)26-3/h4-10H,11H2,1-3H3. The maximum Gasteiger partial charge on any atom is 0.234 e. The Balaban J connectivity index is 1.63. The van der Waals surface area contributed by atoms with Crippen LogP contribution in [-0.4, -0.2) is 41.1 Å². The van der Waals surface area contributed by atoms with Crippen LogP contribution in [0.2, 0.25) is 0 Å². The first-order valence-corrected chi connectivity index (χ1v) is 9.10. The van der Waals surface area contributed by atoms with Crippen LogP contribution in [0.1, 0.15) is 10.6 Å². The van der Waals surface area contributed by atoms with Gasteiger partial charge in [-0.15, -0.1) is 10.2 Å². The number of benzene rings is 2. The van der Waals surface area contributed by atoms with E-state index in [1.807, 2.05) is 42.5 Å². The summed E-state index contributed by atoms with van der Waals surface area (Å²) >= 11 is 1.52. The van der Waals surface area contributed by atoms with Gasteiger partial charge in [-0.1, -0.05) is 17.4 Å². The minimum atomic E-state index is 0.677. The Morgan fingerprint density at radius 1 is 0.889 bits per heavy atom. The summed E-state index contributed by atoms with van der Waals surface area (Å²) < 4.78 is 17.6. The van der Waals surface area contributed by atoms with Gasteiger partial charge < -0.3 is 14.2 Å². The highest BCUT2D eigenvalue weighted by Crippen LogP contribution is 2.29. The zero-order chi connectivity index (χ0) is 18.8. The fourth-order valence-corrected chi connectivity index (χ4v) is 3.68. The molecule has 0 aliphatic carbocycles. The number of aromatic nitrogens is 4. The Morgan fingerprint density at radius 2 is 1.67 bits per heavy atom. The minimum Gasteiger partial charge on any atom is -0.497 e. The predicted octanol–water partition coefficient (Wildman–Crippen LogP) is 3.47. The second-order valence-electron chi connectivity index (χ2n) is 5.81. The van der Waals surface area contributed by atoms with Crippen molar-refractivity contribution in [2.24, 2.45) is 0 Å². The van der Waals surface area contributed by atoms with Crippen LogP contribution in [0.5, 0.6) is 17.2 Å². The van der Waals surface area contributed by atoms with E-state index >= 15 is 0 Å². The number of fused-ring (bicyclic) bond motifs is 1. The highest BCUT2D eigenvalue weighted by Gasteiger charge is 2.14. The van der Waals surface area contributed by atoms with Crippen molar-refractivity contribution in [3.8, 4) is 28.6 Å². The number of nitrogens with zero attached hydrogens (tertiary/aromatic N) is 4. The molecule has 0 amide bonds. The number of hydrogen-bond acceptors (Lipinski definition) is 7. The average molecular weight is 382 g/mol. The van der Waals surface area contributed by atoms with Gasteiger partial charge in [0, 0.05) is 12.0 Å². The van der Waals surface area contributed by atoms with Crippen molar-refractivity contribution in [3.05, 3.63) is 53.0 Å². The van der Waals surface area contributed by atoms with Crippen LogP contribution in [0.3, 0.4) is 0 Å². The van der Waals surface area contributed by atoms with Gasteiger partial charge in [0.05, 0.1) is 21.3 Å². The van der Waals surface area contributed by atoms with Crippen LogP contribution in [-0.2, 0) is 6.42 Å². The Hall–Kier alpha value is -3.13. The molecule has 0 N–H and O–H groups in total. The SMILES string of the molecule is COc1ccc(-c2nnc3sc(Cc4ccc(OC)c(OC)c4)nn23)cc1. The molecule has 4 rings (SSSR count). The van der Waals surface area contributed by atoms with E-state index in [0.717, 1.165) is 26.8 Å². The molecule has 0 saturated heterocycles. The monoisotopic (exact) mass is 382 g/mol. The van der Waals surface area contributed by atoms with Crippen molar-refractivity contribution in [1.29, 1.82) is 0 Å². The van der Waals surface area contributed by atoms with Gasteiger partial charge in [-0.3, -0.25) is 0 Å². The van der Waals surface area contributed by atoms with Crippen LogP contribution < -0.4 is 14.2 Å². The van der Waals surface area contributed by atoms with E-state index in [0.29, 0.717) is 23.7 Å². The third kappa shape index (κ3) is 3.31. The largest absolute Gasteiger partial charge is 0.497 e. The summed E-state index contributed by atoms with van der Waals surface area (Å²) in [6.07, 6.45) is 0.677. The summed E-state index contributed by atoms with van der Waals surface area (Å²) in [5.41, 5.74) is 2.02. The Labute approximate surface area is 160 Å². The Kier molecular flexibility index (Phi) is 4.64.